The van der Waals surface area contributed by atoms with Crippen LogP contribution >= 0.6 is 0 Å². The summed E-state index contributed by atoms with van der Waals surface area (Å²) in [5.41, 5.74) is 9.90. The second-order valence-electron chi connectivity index (χ2n) is 12.8. The van der Waals surface area contributed by atoms with Crippen molar-refractivity contribution in [1.29, 1.82) is 0 Å². The third kappa shape index (κ3) is 3.64. The summed E-state index contributed by atoms with van der Waals surface area (Å²) in [7, 11) is 0. The maximum Gasteiger partial charge on any atom is 0.0719 e. The molecule has 0 spiro atoms. The van der Waals surface area contributed by atoms with Gasteiger partial charge in [-0.25, -0.2) is 0 Å². The zero-order chi connectivity index (χ0) is 31.0. The highest BCUT2D eigenvalue weighted by atomic mass is 14.5. The van der Waals surface area contributed by atoms with Crippen LogP contribution in [0.15, 0.2) is 182 Å². The molecule has 0 radical (unpaired) electrons. The van der Waals surface area contributed by atoms with E-state index in [0.717, 1.165) is 0 Å². The fourth-order valence-electron chi connectivity index (χ4n) is 8.53. The minimum absolute atomic E-state index is 0.468. The van der Waals surface area contributed by atoms with E-state index in [1.54, 1.807) is 0 Å². The van der Waals surface area contributed by atoms with Crippen molar-refractivity contribution in [2.75, 3.05) is 0 Å². The molecule has 0 unspecified atom stereocenters. The summed E-state index contributed by atoms with van der Waals surface area (Å²) < 4.78 is 0. The van der Waals surface area contributed by atoms with Crippen molar-refractivity contribution in [2.45, 2.75) is 5.41 Å². The largest absolute Gasteiger partial charge is 0.0719 e. The molecule has 0 heterocycles. The zero-order valence-corrected chi connectivity index (χ0v) is 25.8. The van der Waals surface area contributed by atoms with E-state index in [9.17, 15) is 0 Å². The predicted octanol–water partition coefficient (Wildman–Crippen LogP) is 12.3. The van der Waals surface area contributed by atoms with Gasteiger partial charge >= 0.3 is 0 Å². The standard InChI is InChI=1S/C47H30/c1-3-14-34(15-4-1)47(35-16-5-2-6-17-35)45-30-33(25-27-42(45)43-28-23-31-13-7-8-18-36(31)46(43)47)32-24-26-41-39-21-10-9-19-37(39)38-20-11-12-22-40(38)44(41)29-32/h1-30H. The Morgan fingerprint density at radius 3 is 1.40 bits per heavy atom. The lowest BCUT2D eigenvalue weighted by atomic mass is 9.66. The van der Waals surface area contributed by atoms with Crippen LogP contribution in [0.5, 0.6) is 0 Å². The van der Waals surface area contributed by atoms with Crippen LogP contribution in [0, 0.1) is 0 Å². The lowest BCUT2D eigenvalue weighted by molar-refractivity contribution is 0.776. The number of hydrogen-bond donors (Lipinski definition) is 0. The molecule has 0 aliphatic heterocycles. The SMILES string of the molecule is c1ccc(C2(c3ccccc3)c3cc(-c4ccc5c6ccccc6c6ccccc6c5c4)ccc3-c3ccc4ccccc4c32)cc1. The van der Waals surface area contributed by atoms with E-state index < -0.39 is 5.41 Å². The first-order valence-electron chi connectivity index (χ1n) is 16.4. The van der Waals surface area contributed by atoms with Crippen LogP contribution < -0.4 is 0 Å². The van der Waals surface area contributed by atoms with Gasteiger partial charge in [0.15, 0.2) is 0 Å². The summed E-state index contributed by atoms with van der Waals surface area (Å²) in [5, 5.41) is 10.4. The molecular formula is C47H30. The fourth-order valence-corrected chi connectivity index (χ4v) is 8.53. The molecule has 0 atom stereocenters. The minimum Gasteiger partial charge on any atom is -0.0622 e. The smallest absolute Gasteiger partial charge is 0.0622 e. The first-order valence-corrected chi connectivity index (χ1v) is 16.4. The lowest BCUT2D eigenvalue weighted by Gasteiger charge is -2.35. The van der Waals surface area contributed by atoms with Crippen LogP contribution in [0.2, 0.25) is 0 Å². The molecule has 0 aromatic heterocycles. The van der Waals surface area contributed by atoms with Crippen molar-refractivity contribution >= 4 is 43.1 Å². The number of hydrogen-bond acceptors (Lipinski definition) is 0. The number of benzene rings is 9. The van der Waals surface area contributed by atoms with Gasteiger partial charge in [0.25, 0.3) is 0 Å². The van der Waals surface area contributed by atoms with Gasteiger partial charge in [0.2, 0.25) is 0 Å². The van der Waals surface area contributed by atoms with E-state index in [2.05, 4.69) is 182 Å². The zero-order valence-electron chi connectivity index (χ0n) is 25.8. The summed E-state index contributed by atoms with van der Waals surface area (Å²) >= 11 is 0. The van der Waals surface area contributed by atoms with Crippen molar-refractivity contribution in [2.24, 2.45) is 0 Å². The van der Waals surface area contributed by atoms with E-state index in [0.29, 0.717) is 0 Å². The van der Waals surface area contributed by atoms with Crippen molar-refractivity contribution in [3.05, 3.63) is 204 Å². The van der Waals surface area contributed by atoms with Gasteiger partial charge in [0.1, 0.15) is 0 Å². The molecule has 0 bridgehead atoms. The third-order valence-electron chi connectivity index (χ3n) is 10.5. The van der Waals surface area contributed by atoms with E-state index in [-0.39, 0.29) is 0 Å². The van der Waals surface area contributed by atoms with Gasteiger partial charge in [-0.15, -0.1) is 0 Å². The van der Waals surface area contributed by atoms with Crippen LogP contribution in [-0.4, -0.2) is 0 Å². The fraction of sp³-hybridized carbons (Fsp3) is 0.0213. The molecule has 1 aliphatic rings. The van der Waals surface area contributed by atoms with Crippen LogP contribution in [0.4, 0.5) is 0 Å². The normalized spacial score (nSPS) is 13.3. The third-order valence-corrected chi connectivity index (χ3v) is 10.5. The number of fused-ring (bicyclic) bond motifs is 11. The number of rotatable bonds is 3. The van der Waals surface area contributed by atoms with Gasteiger partial charge in [-0.2, -0.15) is 0 Å². The first-order chi connectivity index (χ1) is 23.3. The molecule has 218 valence electrons. The van der Waals surface area contributed by atoms with Gasteiger partial charge < -0.3 is 0 Å². The Morgan fingerprint density at radius 1 is 0.298 bits per heavy atom. The Labute approximate surface area is 274 Å². The summed E-state index contributed by atoms with van der Waals surface area (Å²) in [5.74, 6) is 0. The summed E-state index contributed by atoms with van der Waals surface area (Å²) in [6.07, 6.45) is 0. The molecule has 0 fully saturated rings. The second kappa shape index (κ2) is 10.0. The lowest BCUT2D eigenvalue weighted by Crippen LogP contribution is -2.28. The molecular weight excluding hydrogens is 565 g/mol. The first kappa shape index (κ1) is 26.3. The molecule has 0 amide bonds. The molecule has 0 N–H and O–H groups in total. The Balaban J connectivity index is 1.30. The van der Waals surface area contributed by atoms with Gasteiger partial charge in [0.05, 0.1) is 5.41 Å². The van der Waals surface area contributed by atoms with E-state index in [4.69, 9.17) is 0 Å². The molecule has 0 saturated heterocycles. The predicted molar refractivity (Wildman–Crippen MR) is 199 cm³/mol. The van der Waals surface area contributed by atoms with Crippen LogP contribution in [0.3, 0.4) is 0 Å². The van der Waals surface area contributed by atoms with Crippen LogP contribution in [-0.2, 0) is 5.41 Å². The molecule has 1 aliphatic carbocycles. The molecule has 0 saturated carbocycles. The van der Waals surface area contributed by atoms with Crippen LogP contribution in [0.1, 0.15) is 22.3 Å². The maximum absolute atomic E-state index is 2.48. The Bertz CT molecular complexity index is 2590. The molecule has 47 heavy (non-hydrogen) atoms. The molecule has 9 aromatic carbocycles. The Hall–Kier alpha value is -5.98. The average Bonchev–Trinajstić information content (AvgIpc) is 3.46. The molecule has 9 aromatic rings. The average molecular weight is 595 g/mol. The van der Waals surface area contributed by atoms with Crippen molar-refractivity contribution in [3.63, 3.8) is 0 Å². The van der Waals surface area contributed by atoms with E-state index >= 15 is 0 Å². The van der Waals surface area contributed by atoms with E-state index in [1.165, 1.54) is 87.6 Å². The summed E-state index contributed by atoms with van der Waals surface area (Å²) in [6, 6.07) is 67.6. The molecule has 0 nitrogen and oxygen atoms in total. The maximum atomic E-state index is 2.48. The van der Waals surface area contributed by atoms with Gasteiger partial charge in [-0.1, -0.05) is 170 Å². The highest BCUT2D eigenvalue weighted by Crippen LogP contribution is 2.58. The topological polar surface area (TPSA) is 0 Å². The highest BCUT2D eigenvalue weighted by Gasteiger charge is 2.47. The summed E-state index contributed by atoms with van der Waals surface area (Å²) in [4.78, 5) is 0. The van der Waals surface area contributed by atoms with Crippen molar-refractivity contribution in [1.82, 2.24) is 0 Å². The van der Waals surface area contributed by atoms with Gasteiger partial charge in [-0.05, 0) is 99.7 Å². The second-order valence-corrected chi connectivity index (χ2v) is 12.8. The Morgan fingerprint density at radius 2 is 0.766 bits per heavy atom. The highest BCUT2D eigenvalue weighted by molar-refractivity contribution is 6.25. The minimum atomic E-state index is -0.468. The quantitative estimate of drug-likeness (QED) is 0.179. The van der Waals surface area contributed by atoms with Crippen LogP contribution in [0.25, 0.3) is 65.3 Å². The Kier molecular flexibility index (Phi) is 5.59. The van der Waals surface area contributed by atoms with Crippen molar-refractivity contribution in [3.8, 4) is 22.3 Å². The van der Waals surface area contributed by atoms with Gasteiger partial charge in [-0.3, -0.25) is 0 Å². The van der Waals surface area contributed by atoms with Crippen molar-refractivity contribution < 1.29 is 0 Å². The molecule has 0 heteroatoms. The van der Waals surface area contributed by atoms with E-state index in [1.807, 2.05) is 0 Å². The molecule has 10 rings (SSSR count). The van der Waals surface area contributed by atoms with Gasteiger partial charge in [0, 0.05) is 0 Å². The summed E-state index contributed by atoms with van der Waals surface area (Å²) in [6.45, 7) is 0. The monoisotopic (exact) mass is 594 g/mol.